The lowest BCUT2D eigenvalue weighted by Crippen LogP contribution is -2.43. The van der Waals surface area contributed by atoms with E-state index in [1.807, 2.05) is 13.8 Å². The first-order valence-corrected chi connectivity index (χ1v) is 6.56. The molecule has 1 aliphatic heterocycles. The Morgan fingerprint density at radius 3 is 2.53 bits per heavy atom. The average molecular weight is 215 g/mol. The monoisotopic (exact) mass is 215 g/mol. The third-order valence-electron chi connectivity index (χ3n) is 2.46. The van der Waals surface area contributed by atoms with Gasteiger partial charge in [-0.2, -0.15) is 0 Å². The lowest BCUT2D eigenvalue weighted by molar-refractivity contribution is -0.0352. The van der Waals surface area contributed by atoms with Crippen LogP contribution in [-0.4, -0.2) is 37.2 Å². The Morgan fingerprint density at radius 2 is 2.00 bits per heavy atom. The second kappa shape index (κ2) is 9.17. The molecule has 0 saturated carbocycles. The summed E-state index contributed by atoms with van der Waals surface area (Å²) in [5, 5.41) is 0. The normalized spacial score (nSPS) is 22.4. The van der Waals surface area contributed by atoms with Crippen molar-refractivity contribution in [1.29, 1.82) is 0 Å². The smallest absolute Gasteiger partial charge is 0.0702 e. The third-order valence-corrected chi connectivity index (χ3v) is 2.46. The first kappa shape index (κ1) is 14.9. The molecular formula is C13H29NO. The molecule has 1 fully saturated rings. The van der Waals surface area contributed by atoms with Crippen LogP contribution in [0.5, 0.6) is 0 Å². The van der Waals surface area contributed by atoms with E-state index >= 15 is 0 Å². The predicted molar refractivity (Wildman–Crippen MR) is 67.3 cm³/mol. The number of nitrogens with zero attached hydrogens (tertiary/aromatic N) is 1. The van der Waals surface area contributed by atoms with Gasteiger partial charge in [-0.05, 0) is 12.3 Å². The fraction of sp³-hybridized carbons (Fsp3) is 1.00. The first-order valence-electron chi connectivity index (χ1n) is 6.56. The molecule has 0 unspecified atom stereocenters. The standard InChI is InChI=1S/C11H23NO.C2H6/c1-4-5-11-9-12(6-7-13-11)8-10(2)3;1-2/h10-11H,4-9H2,1-3H3;1-2H3/t11-;/m1./s1. The van der Waals surface area contributed by atoms with Gasteiger partial charge >= 0.3 is 0 Å². The highest BCUT2D eigenvalue weighted by molar-refractivity contribution is 4.71. The zero-order valence-electron chi connectivity index (χ0n) is 11.3. The zero-order chi connectivity index (χ0) is 11.7. The molecule has 0 radical (unpaired) electrons. The summed E-state index contributed by atoms with van der Waals surface area (Å²) in [7, 11) is 0. The lowest BCUT2D eigenvalue weighted by atomic mass is 10.1. The summed E-state index contributed by atoms with van der Waals surface area (Å²) < 4.78 is 5.69. The molecule has 0 N–H and O–H groups in total. The van der Waals surface area contributed by atoms with Gasteiger partial charge in [0.05, 0.1) is 12.7 Å². The Hall–Kier alpha value is -0.0800. The van der Waals surface area contributed by atoms with Crippen molar-refractivity contribution in [2.75, 3.05) is 26.2 Å². The van der Waals surface area contributed by atoms with Crippen LogP contribution in [0.2, 0.25) is 0 Å². The maximum Gasteiger partial charge on any atom is 0.0702 e. The largest absolute Gasteiger partial charge is 0.376 e. The Bertz CT molecular complexity index is 134. The van der Waals surface area contributed by atoms with Crippen molar-refractivity contribution in [2.45, 2.75) is 53.6 Å². The van der Waals surface area contributed by atoms with E-state index in [2.05, 4.69) is 25.7 Å². The number of hydrogen-bond donors (Lipinski definition) is 0. The number of morpholine rings is 1. The highest BCUT2D eigenvalue weighted by Gasteiger charge is 2.19. The van der Waals surface area contributed by atoms with Crippen molar-refractivity contribution in [1.82, 2.24) is 4.90 Å². The van der Waals surface area contributed by atoms with E-state index in [0.29, 0.717) is 6.10 Å². The molecule has 1 saturated heterocycles. The molecule has 0 aromatic rings. The van der Waals surface area contributed by atoms with Crippen LogP contribution in [-0.2, 0) is 4.74 Å². The predicted octanol–water partition coefficient (Wildman–Crippen LogP) is 3.17. The van der Waals surface area contributed by atoms with E-state index in [1.165, 1.54) is 19.4 Å². The maximum atomic E-state index is 5.69. The van der Waals surface area contributed by atoms with Gasteiger partial charge in [0.15, 0.2) is 0 Å². The van der Waals surface area contributed by atoms with Crippen LogP contribution in [0, 0.1) is 5.92 Å². The van der Waals surface area contributed by atoms with Crippen molar-refractivity contribution in [3.63, 3.8) is 0 Å². The van der Waals surface area contributed by atoms with Crippen molar-refractivity contribution in [2.24, 2.45) is 5.92 Å². The topological polar surface area (TPSA) is 12.5 Å². The molecule has 0 spiro atoms. The molecule has 2 nitrogen and oxygen atoms in total. The second-order valence-electron chi connectivity index (χ2n) is 4.43. The minimum Gasteiger partial charge on any atom is -0.376 e. The van der Waals surface area contributed by atoms with Crippen LogP contribution >= 0.6 is 0 Å². The summed E-state index contributed by atoms with van der Waals surface area (Å²) in [4.78, 5) is 2.54. The van der Waals surface area contributed by atoms with Gasteiger partial charge in [-0.3, -0.25) is 4.90 Å². The van der Waals surface area contributed by atoms with Crippen LogP contribution in [0.15, 0.2) is 0 Å². The minimum absolute atomic E-state index is 0.498. The van der Waals surface area contributed by atoms with E-state index in [9.17, 15) is 0 Å². The number of hydrogen-bond acceptors (Lipinski definition) is 2. The van der Waals surface area contributed by atoms with Crippen LogP contribution in [0.3, 0.4) is 0 Å². The van der Waals surface area contributed by atoms with Crippen LogP contribution in [0.4, 0.5) is 0 Å². The second-order valence-corrected chi connectivity index (χ2v) is 4.43. The molecule has 0 aromatic heterocycles. The number of ether oxygens (including phenoxy) is 1. The van der Waals surface area contributed by atoms with E-state index in [1.54, 1.807) is 0 Å². The fourth-order valence-electron chi connectivity index (χ4n) is 1.96. The first-order chi connectivity index (χ1) is 7.22. The summed E-state index contributed by atoms with van der Waals surface area (Å²) in [5.41, 5.74) is 0. The highest BCUT2D eigenvalue weighted by atomic mass is 16.5. The summed E-state index contributed by atoms with van der Waals surface area (Å²) in [5.74, 6) is 0.778. The van der Waals surface area contributed by atoms with Crippen molar-refractivity contribution >= 4 is 0 Å². The maximum absolute atomic E-state index is 5.69. The highest BCUT2D eigenvalue weighted by Crippen LogP contribution is 2.11. The van der Waals surface area contributed by atoms with Crippen molar-refractivity contribution in [3.8, 4) is 0 Å². The summed E-state index contributed by atoms with van der Waals surface area (Å²) in [6, 6.07) is 0. The van der Waals surface area contributed by atoms with Gasteiger partial charge in [-0.1, -0.05) is 41.0 Å². The average Bonchev–Trinajstić information content (AvgIpc) is 2.21. The minimum atomic E-state index is 0.498. The van der Waals surface area contributed by atoms with Crippen LogP contribution in [0.25, 0.3) is 0 Å². The van der Waals surface area contributed by atoms with Gasteiger partial charge in [-0.15, -0.1) is 0 Å². The molecule has 1 aliphatic rings. The molecule has 2 heteroatoms. The van der Waals surface area contributed by atoms with Gasteiger partial charge in [0, 0.05) is 19.6 Å². The quantitative estimate of drug-likeness (QED) is 0.714. The van der Waals surface area contributed by atoms with Crippen LogP contribution in [0.1, 0.15) is 47.5 Å². The molecule has 0 amide bonds. The fourth-order valence-corrected chi connectivity index (χ4v) is 1.96. The molecule has 92 valence electrons. The van der Waals surface area contributed by atoms with Gasteiger partial charge in [-0.25, -0.2) is 0 Å². The van der Waals surface area contributed by atoms with E-state index in [0.717, 1.165) is 25.6 Å². The van der Waals surface area contributed by atoms with Crippen molar-refractivity contribution in [3.05, 3.63) is 0 Å². The van der Waals surface area contributed by atoms with Gasteiger partial charge in [0.2, 0.25) is 0 Å². The lowest BCUT2D eigenvalue weighted by Gasteiger charge is -2.33. The van der Waals surface area contributed by atoms with Crippen molar-refractivity contribution < 1.29 is 4.74 Å². The summed E-state index contributed by atoms with van der Waals surface area (Å²) >= 11 is 0. The summed E-state index contributed by atoms with van der Waals surface area (Å²) in [6.45, 7) is 15.2. The zero-order valence-corrected chi connectivity index (χ0v) is 11.3. The molecule has 1 heterocycles. The molecule has 0 aromatic carbocycles. The Labute approximate surface area is 96.0 Å². The Kier molecular flexibility index (Phi) is 9.12. The van der Waals surface area contributed by atoms with Gasteiger partial charge < -0.3 is 4.74 Å². The Morgan fingerprint density at radius 1 is 1.33 bits per heavy atom. The van der Waals surface area contributed by atoms with E-state index in [4.69, 9.17) is 4.74 Å². The molecule has 15 heavy (non-hydrogen) atoms. The van der Waals surface area contributed by atoms with Gasteiger partial charge in [0.1, 0.15) is 0 Å². The molecule has 1 atom stereocenters. The molecular weight excluding hydrogens is 186 g/mol. The number of rotatable bonds is 4. The third kappa shape index (κ3) is 6.91. The summed E-state index contributed by atoms with van der Waals surface area (Å²) in [6.07, 6.45) is 2.95. The van der Waals surface area contributed by atoms with E-state index < -0.39 is 0 Å². The SMILES string of the molecule is CC.CCC[C@@H]1CN(CC(C)C)CCO1. The Balaban J connectivity index is 0.000000921. The van der Waals surface area contributed by atoms with Crippen LogP contribution < -0.4 is 0 Å². The van der Waals surface area contributed by atoms with E-state index in [-0.39, 0.29) is 0 Å². The molecule has 0 aliphatic carbocycles. The van der Waals surface area contributed by atoms with Gasteiger partial charge in [0.25, 0.3) is 0 Å². The molecule has 0 bridgehead atoms. The molecule has 1 rings (SSSR count).